The number of hydrogen-bond acceptors (Lipinski definition) is 4. The number of hydrogen-bond donors (Lipinski definition) is 2. The summed E-state index contributed by atoms with van der Waals surface area (Å²) in [5, 5.41) is 19.4. The molecule has 0 unspecified atom stereocenters. The van der Waals surface area contributed by atoms with E-state index in [2.05, 4.69) is 36.4 Å². The number of phenolic OH excluding ortho intramolecular Hbond substituents is 2. The number of benzene rings is 4. The van der Waals surface area contributed by atoms with Gasteiger partial charge in [0.1, 0.15) is 23.0 Å². The van der Waals surface area contributed by atoms with Gasteiger partial charge in [0.25, 0.3) is 0 Å². The minimum Gasteiger partial charge on any atom is -0.508 e. The Labute approximate surface area is 201 Å². The van der Waals surface area contributed by atoms with Gasteiger partial charge < -0.3 is 19.7 Å². The molecule has 0 saturated heterocycles. The van der Waals surface area contributed by atoms with Gasteiger partial charge in [-0.25, -0.2) is 0 Å². The van der Waals surface area contributed by atoms with Crippen LogP contribution in [0.25, 0.3) is 11.1 Å². The molecule has 0 atom stereocenters. The van der Waals surface area contributed by atoms with Gasteiger partial charge in [0.05, 0.1) is 14.2 Å². The van der Waals surface area contributed by atoms with Crippen LogP contribution in [0.2, 0.25) is 0 Å². The second-order valence-electron chi connectivity index (χ2n) is 8.41. The summed E-state index contributed by atoms with van der Waals surface area (Å²) in [7, 11) is 3.38. The number of phenols is 2. The molecule has 0 aliphatic rings. The number of methoxy groups -OCH3 is 2. The number of ether oxygens (including phenoxy) is 2. The molecule has 0 aromatic heterocycles. The maximum Gasteiger partial charge on any atom is 0.127 e. The molecule has 4 heteroatoms. The third-order valence-corrected chi connectivity index (χ3v) is 6.05. The molecule has 0 spiro atoms. The Morgan fingerprint density at radius 1 is 0.500 bits per heavy atom. The highest BCUT2D eigenvalue weighted by atomic mass is 16.5. The van der Waals surface area contributed by atoms with Gasteiger partial charge in [-0.3, -0.25) is 0 Å². The zero-order valence-electron chi connectivity index (χ0n) is 19.6. The highest BCUT2D eigenvalue weighted by Crippen LogP contribution is 2.38. The summed E-state index contributed by atoms with van der Waals surface area (Å²) >= 11 is 0. The smallest absolute Gasteiger partial charge is 0.127 e. The fourth-order valence-electron chi connectivity index (χ4n) is 4.23. The molecule has 4 nitrogen and oxygen atoms in total. The summed E-state index contributed by atoms with van der Waals surface area (Å²) in [5.74, 6) is 2.20. The van der Waals surface area contributed by atoms with Crippen molar-refractivity contribution in [3.63, 3.8) is 0 Å². The van der Waals surface area contributed by atoms with Gasteiger partial charge in [0.2, 0.25) is 0 Å². The van der Waals surface area contributed by atoms with Crippen LogP contribution in [0.15, 0.2) is 84.9 Å². The predicted molar refractivity (Wildman–Crippen MR) is 136 cm³/mol. The number of aryl methyl sites for hydroxylation is 4. The number of aromatic hydroxyl groups is 2. The van der Waals surface area contributed by atoms with E-state index in [9.17, 15) is 10.2 Å². The van der Waals surface area contributed by atoms with Crippen LogP contribution < -0.4 is 9.47 Å². The van der Waals surface area contributed by atoms with E-state index in [4.69, 9.17) is 9.47 Å². The van der Waals surface area contributed by atoms with Crippen molar-refractivity contribution < 1.29 is 19.7 Å². The van der Waals surface area contributed by atoms with Crippen molar-refractivity contribution in [2.75, 3.05) is 14.2 Å². The summed E-state index contributed by atoms with van der Waals surface area (Å²) in [6.07, 6.45) is 3.39. The second-order valence-corrected chi connectivity index (χ2v) is 8.41. The lowest BCUT2D eigenvalue weighted by Gasteiger charge is -2.15. The SMILES string of the molecule is COc1cc(CCc2cccc(O)c2)ccc1-c1ccc(CCc2cccc(O)c2)cc1OC. The molecule has 4 rings (SSSR count). The standard InChI is InChI=1S/C30H30O4/c1-33-29-19-23(11-9-21-5-3-7-25(31)17-21)13-15-27(29)28-16-14-24(20-30(28)34-2)12-10-22-6-4-8-26(32)18-22/h3-8,13-20,31-32H,9-12H2,1-2H3. The average Bonchev–Trinajstić information content (AvgIpc) is 2.86. The third-order valence-electron chi connectivity index (χ3n) is 6.05. The minimum atomic E-state index is 0.294. The van der Waals surface area contributed by atoms with Crippen LogP contribution in [0.5, 0.6) is 23.0 Å². The highest BCUT2D eigenvalue weighted by Gasteiger charge is 2.13. The van der Waals surface area contributed by atoms with E-state index >= 15 is 0 Å². The normalized spacial score (nSPS) is 10.8. The monoisotopic (exact) mass is 454 g/mol. The summed E-state index contributed by atoms with van der Waals surface area (Å²) < 4.78 is 11.5. The minimum absolute atomic E-state index is 0.294. The lowest BCUT2D eigenvalue weighted by molar-refractivity contribution is 0.409. The van der Waals surface area contributed by atoms with Gasteiger partial charge in [-0.05, 0) is 84.3 Å². The first-order valence-corrected chi connectivity index (χ1v) is 11.5. The Hall–Kier alpha value is -3.92. The van der Waals surface area contributed by atoms with Gasteiger partial charge in [-0.15, -0.1) is 0 Å². The van der Waals surface area contributed by atoms with Crippen molar-refractivity contribution in [1.82, 2.24) is 0 Å². The van der Waals surface area contributed by atoms with E-state index < -0.39 is 0 Å². The van der Waals surface area contributed by atoms with Crippen LogP contribution in [-0.4, -0.2) is 24.4 Å². The topological polar surface area (TPSA) is 58.9 Å². The number of rotatable bonds is 9. The van der Waals surface area contributed by atoms with Crippen LogP contribution in [0, 0.1) is 0 Å². The van der Waals surface area contributed by atoms with Crippen molar-refractivity contribution in [1.29, 1.82) is 0 Å². The first-order chi connectivity index (χ1) is 16.6. The Kier molecular flexibility index (Phi) is 7.38. The largest absolute Gasteiger partial charge is 0.508 e. The van der Waals surface area contributed by atoms with Crippen molar-refractivity contribution in [3.8, 4) is 34.1 Å². The molecular weight excluding hydrogens is 424 g/mol. The molecule has 2 N–H and O–H groups in total. The lowest BCUT2D eigenvalue weighted by atomic mass is 9.96. The van der Waals surface area contributed by atoms with Crippen LogP contribution >= 0.6 is 0 Å². The van der Waals surface area contributed by atoms with E-state index in [0.717, 1.165) is 59.4 Å². The Morgan fingerprint density at radius 2 is 0.882 bits per heavy atom. The first kappa shape index (κ1) is 23.2. The van der Waals surface area contributed by atoms with Crippen LogP contribution in [0.3, 0.4) is 0 Å². The van der Waals surface area contributed by atoms with Gasteiger partial charge in [-0.2, -0.15) is 0 Å². The van der Waals surface area contributed by atoms with Crippen molar-refractivity contribution in [2.45, 2.75) is 25.7 Å². The molecular formula is C30H30O4. The highest BCUT2D eigenvalue weighted by molar-refractivity contribution is 5.76. The molecule has 0 saturated carbocycles. The molecule has 0 amide bonds. The molecule has 4 aromatic carbocycles. The molecule has 0 bridgehead atoms. The fraction of sp³-hybridized carbons (Fsp3) is 0.200. The maximum atomic E-state index is 9.68. The van der Waals surface area contributed by atoms with Crippen LogP contribution in [0.1, 0.15) is 22.3 Å². The predicted octanol–water partition coefficient (Wildman–Crippen LogP) is 6.35. The Bertz CT molecular complexity index is 1160. The van der Waals surface area contributed by atoms with Gasteiger partial charge in [0, 0.05) is 11.1 Å². The van der Waals surface area contributed by atoms with Crippen LogP contribution in [-0.2, 0) is 25.7 Å². The van der Waals surface area contributed by atoms with Crippen molar-refractivity contribution in [2.24, 2.45) is 0 Å². The van der Waals surface area contributed by atoms with E-state index in [1.165, 1.54) is 11.1 Å². The van der Waals surface area contributed by atoms with Crippen molar-refractivity contribution in [3.05, 3.63) is 107 Å². The first-order valence-electron chi connectivity index (χ1n) is 11.5. The van der Waals surface area contributed by atoms with Gasteiger partial charge in [-0.1, -0.05) is 48.5 Å². The molecule has 4 aromatic rings. The summed E-state index contributed by atoms with van der Waals surface area (Å²) in [4.78, 5) is 0. The van der Waals surface area contributed by atoms with Crippen molar-refractivity contribution >= 4 is 0 Å². The molecule has 0 fully saturated rings. The zero-order chi connectivity index (χ0) is 23.9. The molecule has 34 heavy (non-hydrogen) atoms. The van der Waals surface area contributed by atoms with Gasteiger partial charge in [0.15, 0.2) is 0 Å². The maximum absolute atomic E-state index is 9.68. The average molecular weight is 455 g/mol. The Balaban J connectivity index is 1.51. The van der Waals surface area contributed by atoms with E-state index in [1.54, 1.807) is 38.5 Å². The summed E-state index contributed by atoms with van der Waals surface area (Å²) in [6.45, 7) is 0. The van der Waals surface area contributed by atoms with E-state index in [0.29, 0.717) is 11.5 Å². The molecule has 0 heterocycles. The quantitative estimate of drug-likeness (QED) is 0.309. The lowest BCUT2D eigenvalue weighted by Crippen LogP contribution is -1.97. The van der Waals surface area contributed by atoms with E-state index in [-0.39, 0.29) is 0 Å². The molecule has 174 valence electrons. The molecule has 0 aliphatic carbocycles. The second kappa shape index (κ2) is 10.8. The van der Waals surface area contributed by atoms with Crippen LogP contribution in [0.4, 0.5) is 0 Å². The fourth-order valence-corrected chi connectivity index (χ4v) is 4.23. The third kappa shape index (κ3) is 5.70. The summed E-state index contributed by atoms with van der Waals surface area (Å²) in [5.41, 5.74) is 6.52. The zero-order valence-corrected chi connectivity index (χ0v) is 19.6. The van der Waals surface area contributed by atoms with Gasteiger partial charge >= 0.3 is 0 Å². The van der Waals surface area contributed by atoms with E-state index in [1.807, 2.05) is 24.3 Å². The Morgan fingerprint density at radius 3 is 1.24 bits per heavy atom. The summed E-state index contributed by atoms with van der Waals surface area (Å²) in [6, 6.07) is 27.3. The molecule has 0 aliphatic heterocycles. The molecule has 0 radical (unpaired) electrons.